The summed E-state index contributed by atoms with van der Waals surface area (Å²) in [5.41, 5.74) is 7.97. The first-order valence-electron chi connectivity index (χ1n) is 7.52. The molecule has 3 N–H and O–H groups in total. The normalized spacial score (nSPS) is 11.4. The van der Waals surface area contributed by atoms with E-state index in [2.05, 4.69) is 36.9 Å². The van der Waals surface area contributed by atoms with Crippen molar-refractivity contribution in [1.82, 2.24) is 14.8 Å². The minimum absolute atomic E-state index is 0.423. The van der Waals surface area contributed by atoms with E-state index in [0.29, 0.717) is 12.1 Å². The zero-order valence-electron chi connectivity index (χ0n) is 14.1. The molecule has 0 unspecified atom stereocenters. The number of carbonyl (C=O) groups excluding carboxylic acids is 1. The summed E-state index contributed by atoms with van der Waals surface area (Å²) >= 11 is 3.48. The fourth-order valence-electron chi connectivity index (χ4n) is 2.44. The zero-order valence-corrected chi connectivity index (χ0v) is 15.7. The van der Waals surface area contributed by atoms with Gasteiger partial charge in [-0.1, -0.05) is 12.1 Å². The van der Waals surface area contributed by atoms with E-state index in [1.165, 1.54) is 5.69 Å². The summed E-state index contributed by atoms with van der Waals surface area (Å²) in [4.78, 5) is 17.6. The van der Waals surface area contributed by atoms with Gasteiger partial charge in [-0.25, -0.2) is 0 Å². The number of amides is 1. The van der Waals surface area contributed by atoms with Gasteiger partial charge in [0.25, 0.3) is 0 Å². The Kier molecular flexibility index (Phi) is 6.03. The fraction of sp³-hybridized carbons (Fsp3) is 0.294. The largest absolute Gasteiger partial charge is 0.366 e. The van der Waals surface area contributed by atoms with E-state index in [-0.39, 0.29) is 0 Å². The second kappa shape index (κ2) is 8.01. The van der Waals surface area contributed by atoms with Gasteiger partial charge in [-0.3, -0.25) is 9.79 Å². The van der Waals surface area contributed by atoms with Gasteiger partial charge in [-0.2, -0.15) is 0 Å². The average molecular weight is 392 g/mol. The number of carbonyl (C=O) groups is 1. The van der Waals surface area contributed by atoms with Crippen LogP contribution in [0.5, 0.6) is 0 Å². The van der Waals surface area contributed by atoms with Crippen molar-refractivity contribution in [2.75, 3.05) is 14.1 Å². The molecular weight excluding hydrogens is 370 g/mol. The van der Waals surface area contributed by atoms with Gasteiger partial charge in [0.1, 0.15) is 0 Å². The summed E-state index contributed by atoms with van der Waals surface area (Å²) in [7, 11) is 5.75. The highest BCUT2D eigenvalue weighted by molar-refractivity contribution is 9.10. The third kappa shape index (κ3) is 4.61. The quantitative estimate of drug-likeness (QED) is 0.605. The molecule has 0 aliphatic carbocycles. The third-order valence-corrected chi connectivity index (χ3v) is 4.14. The molecule has 24 heavy (non-hydrogen) atoms. The predicted octanol–water partition coefficient (Wildman–Crippen LogP) is 2.09. The Morgan fingerprint density at radius 3 is 2.75 bits per heavy atom. The van der Waals surface area contributed by atoms with E-state index in [1.807, 2.05) is 37.3 Å². The van der Waals surface area contributed by atoms with Gasteiger partial charge in [0.15, 0.2) is 5.96 Å². The highest BCUT2D eigenvalue weighted by atomic mass is 79.9. The predicted molar refractivity (Wildman–Crippen MR) is 99.7 cm³/mol. The number of aryl methyl sites for hydroxylation is 1. The number of benzene rings is 1. The lowest BCUT2D eigenvalue weighted by atomic mass is 10.1. The number of guanidine groups is 1. The number of halogens is 1. The Morgan fingerprint density at radius 2 is 2.17 bits per heavy atom. The average Bonchev–Trinajstić information content (AvgIpc) is 2.85. The van der Waals surface area contributed by atoms with Gasteiger partial charge in [0.05, 0.1) is 6.54 Å². The molecule has 0 aliphatic heterocycles. The minimum Gasteiger partial charge on any atom is -0.366 e. The highest BCUT2D eigenvalue weighted by Crippen LogP contribution is 2.15. The van der Waals surface area contributed by atoms with Crippen LogP contribution in [0.3, 0.4) is 0 Å². The molecule has 2 rings (SSSR count). The molecule has 1 heterocycles. The Bertz CT molecular complexity index is 753. The van der Waals surface area contributed by atoms with Crippen LogP contribution in [0.15, 0.2) is 46.0 Å². The summed E-state index contributed by atoms with van der Waals surface area (Å²) in [6.45, 7) is 1.29. The van der Waals surface area contributed by atoms with Crippen molar-refractivity contribution >= 4 is 27.8 Å². The third-order valence-electron chi connectivity index (χ3n) is 3.71. The lowest BCUT2D eigenvalue weighted by molar-refractivity contribution is 0.1000. The maximum absolute atomic E-state index is 11.3. The Morgan fingerprint density at radius 1 is 1.42 bits per heavy atom. The first-order chi connectivity index (χ1) is 11.4. The van der Waals surface area contributed by atoms with Gasteiger partial charge in [0.2, 0.25) is 5.91 Å². The fourth-order valence-corrected chi connectivity index (χ4v) is 3.01. The topological polar surface area (TPSA) is 75.6 Å². The Hall–Kier alpha value is -2.28. The number of nitrogens with zero attached hydrogens (tertiary/aromatic N) is 3. The first-order valence-corrected chi connectivity index (χ1v) is 8.31. The molecule has 0 saturated heterocycles. The van der Waals surface area contributed by atoms with E-state index < -0.39 is 5.91 Å². The lowest BCUT2D eigenvalue weighted by Gasteiger charge is -2.22. The maximum Gasteiger partial charge on any atom is 0.248 e. The van der Waals surface area contributed by atoms with Crippen LogP contribution in [0.2, 0.25) is 0 Å². The van der Waals surface area contributed by atoms with Crippen molar-refractivity contribution < 1.29 is 4.79 Å². The second-order valence-corrected chi connectivity index (χ2v) is 6.50. The molecule has 2 aromatic rings. The standard InChI is InChI=1S/C17H22BrN5O/c1-20-17(23(3)11-15-8-14(18)10-22(15)2)21-9-12-5-4-6-13(7-12)16(19)24/h4-8,10H,9,11H2,1-3H3,(H2,19,24)(H,20,21). The van der Waals surface area contributed by atoms with E-state index in [0.717, 1.165) is 22.5 Å². The summed E-state index contributed by atoms with van der Waals surface area (Å²) < 4.78 is 3.13. The molecule has 7 heteroatoms. The molecular formula is C17H22BrN5O. The molecule has 0 fully saturated rings. The number of rotatable bonds is 5. The van der Waals surface area contributed by atoms with Gasteiger partial charge >= 0.3 is 0 Å². The molecule has 1 aromatic carbocycles. The first kappa shape index (κ1) is 18.1. The smallest absolute Gasteiger partial charge is 0.248 e. The number of primary amides is 1. The number of nitrogens with two attached hydrogens (primary N) is 1. The van der Waals surface area contributed by atoms with Crippen molar-refractivity contribution in [1.29, 1.82) is 0 Å². The summed E-state index contributed by atoms with van der Waals surface area (Å²) in [5.74, 6) is 0.351. The monoisotopic (exact) mass is 391 g/mol. The van der Waals surface area contributed by atoms with Crippen LogP contribution in [0.25, 0.3) is 0 Å². The summed E-state index contributed by atoms with van der Waals surface area (Å²) in [6.07, 6.45) is 2.02. The number of hydrogen-bond acceptors (Lipinski definition) is 2. The molecule has 0 atom stereocenters. The maximum atomic E-state index is 11.3. The Balaban J connectivity index is 2.00. The number of aliphatic imine (C=N–C) groups is 1. The SMILES string of the molecule is CN=C(NCc1cccc(C(N)=O)c1)N(C)Cc1cc(Br)cn1C. The van der Waals surface area contributed by atoms with Crippen molar-refractivity contribution in [2.24, 2.45) is 17.8 Å². The van der Waals surface area contributed by atoms with Crippen molar-refractivity contribution in [3.63, 3.8) is 0 Å². The molecule has 0 saturated carbocycles. The number of aromatic nitrogens is 1. The van der Waals surface area contributed by atoms with E-state index >= 15 is 0 Å². The Labute approximate surface area is 150 Å². The zero-order chi connectivity index (χ0) is 17.7. The molecule has 0 radical (unpaired) electrons. The van der Waals surface area contributed by atoms with Crippen LogP contribution >= 0.6 is 15.9 Å². The van der Waals surface area contributed by atoms with Crippen LogP contribution in [-0.4, -0.2) is 35.4 Å². The molecule has 1 amide bonds. The van der Waals surface area contributed by atoms with Crippen LogP contribution in [-0.2, 0) is 20.1 Å². The van der Waals surface area contributed by atoms with Crippen LogP contribution < -0.4 is 11.1 Å². The van der Waals surface area contributed by atoms with Gasteiger partial charge in [-0.15, -0.1) is 0 Å². The molecule has 0 spiro atoms. The second-order valence-electron chi connectivity index (χ2n) is 5.58. The molecule has 128 valence electrons. The van der Waals surface area contributed by atoms with Crippen molar-refractivity contribution in [3.05, 3.63) is 57.8 Å². The lowest BCUT2D eigenvalue weighted by Crippen LogP contribution is -2.38. The van der Waals surface area contributed by atoms with Crippen LogP contribution in [0.1, 0.15) is 21.6 Å². The number of nitrogens with one attached hydrogen (secondary N) is 1. The van der Waals surface area contributed by atoms with Gasteiger partial charge in [-0.05, 0) is 39.7 Å². The highest BCUT2D eigenvalue weighted by Gasteiger charge is 2.10. The van der Waals surface area contributed by atoms with Crippen LogP contribution in [0.4, 0.5) is 0 Å². The molecule has 0 bridgehead atoms. The number of hydrogen-bond donors (Lipinski definition) is 2. The van der Waals surface area contributed by atoms with Gasteiger partial charge < -0.3 is 20.5 Å². The molecule has 0 aliphatic rings. The molecule has 1 aromatic heterocycles. The van der Waals surface area contributed by atoms with Crippen molar-refractivity contribution in [2.45, 2.75) is 13.1 Å². The van der Waals surface area contributed by atoms with E-state index in [9.17, 15) is 4.79 Å². The summed E-state index contributed by atoms with van der Waals surface area (Å²) in [6, 6.07) is 9.35. The van der Waals surface area contributed by atoms with Crippen molar-refractivity contribution in [3.8, 4) is 0 Å². The summed E-state index contributed by atoms with van der Waals surface area (Å²) in [5, 5.41) is 3.30. The van der Waals surface area contributed by atoms with Gasteiger partial charge in [0, 0.05) is 49.6 Å². The van der Waals surface area contributed by atoms with Crippen LogP contribution in [0, 0.1) is 0 Å². The van der Waals surface area contributed by atoms with E-state index in [1.54, 1.807) is 19.2 Å². The minimum atomic E-state index is -0.423. The van der Waals surface area contributed by atoms with E-state index in [4.69, 9.17) is 5.73 Å². The molecule has 6 nitrogen and oxygen atoms in total.